The smallest absolute Gasteiger partial charge is 0.261 e. The number of hydrogen-bond acceptors (Lipinski definition) is 3. The Morgan fingerprint density at radius 3 is 2.65 bits per heavy atom. The summed E-state index contributed by atoms with van der Waals surface area (Å²) < 4.78 is 22.5. The molecular formula is C14H18ClNO3S. The number of halogens is 1. The molecule has 1 fully saturated rings. The number of carbonyl (C=O) groups is 1. The molecule has 1 aliphatic rings. The first kappa shape index (κ1) is 15.3. The van der Waals surface area contributed by atoms with E-state index in [-0.39, 0.29) is 10.8 Å². The zero-order valence-electron chi connectivity index (χ0n) is 11.6. The minimum Gasteiger partial charge on any atom is -0.338 e. The highest BCUT2D eigenvalue weighted by Crippen LogP contribution is 2.24. The minimum absolute atomic E-state index is 0.0288. The summed E-state index contributed by atoms with van der Waals surface area (Å²) in [5.41, 5.74) is 1.18. The van der Waals surface area contributed by atoms with Crippen molar-refractivity contribution in [3.63, 3.8) is 0 Å². The van der Waals surface area contributed by atoms with Crippen LogP contribution in [0.5, 0.6) is 0 Å². The first-order valence-corrected chi connectivity index (χ1v) is 8.98. The molecule has 0 saturated carbocycles. The Labute approximate surface area is 124 Å². The minimum atomic E-state index is -3.75. The molecule has 1 aromatic carbocycles. The van der Waals surface area contributed by atoms with Gasteiger partial charge >= 0.3 is 0 Å². The largest absolute Gasteiger partial charge is 0.338 e. The van der Waals surface area contributed by atoms with Crippen molar-refractivity contribution in [2.75, 3.05) is 13.1 Å². The van der Waals surface area contributed by atoms with Crippen molar-refractivity contribution in [2.24, 2.45) is 5.92 Å². The maximum Gasteiger partial charge on any atom is 0.261 e. The van der Waals surface area contributed by atoms with Gasteiger partial charge < -0.3 is 4.90 Å². The van der Waals surface area contributed by atoms with Gasteiger partial charge in [-0.25, -0.2) is 8.42 Å². The van der Waals surface area contributed by atoms with E-state index in [4.69, 9.17) is 10.7 Å². The Morgan fingerprint density at radius 2 is 2.15 bits per heavy atom. The molecule has 4 nitrogen and oxygen atoms in total. The van der Waals surface area contributed by atoms with Gasteiger partial charge in [0.25, 0.3) is 15.0 Å². The lowest BCUT2D eigenvalue weighted by molar-refractivity contribution is 0.0786. The molecule has 2 rings (SSSR count). The Hall–Kier alpha value is -1.07. The van der Waals surface area contributed by atoms with Crippen LogP contribution in [0.1, 0.15) is 35.7 Å². The lowest BCUT2D eigenvalue weighted by atomic mass is 10.1. The van der Waals surface area contributed by atoms with Crippen molar-refractivity contribution < 1.29 is 13.2 Å². The van der Waals surface area contributed by atoms with E-state index in [1.54, 1.807) is 13.0 Å². The molecule has 0 N–H and O–H groups in total. The molecule has 20 heavy (non-hydrogen) atoms. The SMILES string of the molecule is CCC1CCN(C(=O)c2ccc(S(=O)(=O)Cl)cc2C)C1. The summed E-state index contributed by atoms with van der Waals surface area (Å²) in [5, 5.41) is 0. The number of likely N-dealkylation sites (tertiary alicyclic amines) is 1. The van der Waals surface area contributed by atoms with Gasteiger partial charge in [0.1, 0.15) is 0 Å². The van der Waals surface area contributed by atoms with Gasteiger partial charge in [-0.3, -0.25) is 4.79 Å². The highest BCUT2D eigenvalue weighted by molar-refractivity contribution is 8.13. The van der Waals surface area contributed by atoms with Gasteiger partial charge in [0, 0.05) is 29.3 Å². The summed E-state index contributed by atoms with van der Waals surface area (Å²) in [6.07, 6.45) is 2.11. The summed E-state index contributed by atoms with van der Waals surface area (Å²) in [4.78, 5) is 14.3. The van der Waals surface area contributed by atoms with E-state index in [2.05, 4.69) is 6.92 Å². The van der Waals surface area contributed by atoms with Crippen LogP contribution in [0.4, 0.5) is 0 Å². The van der Waals surface area contributed by atoms with Crippen molar-refractivity contribution in [3.05, 3.63) is 29.3 Å². The lowest BCUT2D eigenvalue weighted by Gasteiger charge is -2.18. The van der Waals surface area contributed by atoms with E-state index in [0.717, 1.165) is 25.9 Å². The molecule has 1 aliphatic heterocycles. The predicted molar refractivity (Wildman–Crippen MR) is 78.5 cm³/mol. The molecule has 1 aromatic rings. The van der Waals surface area contributed by atoms with E-state index in [1.165, 1.54) is 12.1 Å². The highest BCUT2D eigenvalue weighted by atomic mass is 35.7. The van der Waals surface area contributed by atoms with Crippen LogP contribution < -0.4 is 0 Å². The Bertz CT molecular complexity index is 627. The fraction of sp³-hybridized carbons (Fsp3) is 0.500. The average molecular weight is 316 g/mol. The van der Waals surface area contributed by atoms with Gasteiger partial charge in [-0.2, -0.15) is 0 Å². The van der Waals surface area contributed by atoms with Crippen LogP contribution in [-0.4, -0.2) is 32.3 Å². The van der Waals surface area contributed by atoms with E-state index in [0.29, 0.717) is 17.0 Å². The monoisotopic (exact) mass is 315 g/mol. The average Bonchev–Trinajstić information content (AvgIpc) is 2.85. The number of amides is 1. The van der Waals surface area contributed by atoms with Crippen molar-refractivity contribution >= 4 is 25.6 Å². The molecule has 1 unspecified atom stereocenters. The molecule has 1 heterocycles. The number of hydrogen-bond donors (Lipinski definition) is 0. The van der Waals surface area contributed by atoms with Crippen LogP contribution in [0.25, 0.3) is 0 Å². The molecule has 0 bridgehead atoms. The van der Waals surface area contributed by atoms with Crippen LogP contribution in [0.15, 0.2) is 23.1 Å². The third-order valence-electron chi connectivity index (χ3n) is 3.86. The standard InChI is InChI=1S/C14H18ClNO3S/c1-3-11-6-7-16(9-11)14(17)13-5-4-12(8-10(13)2)20(15,18)19/h4-5,8,11H,3,6-7,9H2,1-2H3. The molecular weight excluding hydrogens is 298 g/mol. The number of nitrogens with zero attached hydrogens (tertiary/aromatic N) is 1. The topological polar surface area (TPSA) is 54.5 Å². The maximum atomic E-state index is 12.4. The van der Waals surface area contributed by atoms with Crippen LogP contribution in [0.3, 0.4) is 0 Å². The molecule has 0 spiro atoms. The second kappa shape index (κ2) is 5.74. The van der Waals surface area contributed by atoms with Crippen LogP contribution in [0, 0.1) is 12.8 Å². The molecule has 1 amide bonds. The third-order valence-corrected chi connectivity index (χ3v) is 5.21. The lowest BCUT2D eigenvalue weighted by Crippen LogP contribution is -2.29. The van der Waals surface area contributed by atoms with Crippen LogP contribution in [-0.2, 0) is 9.05 Å². The van der Waals surface area contributed by atoms with Gasteiger partial charge in [0.05, 0.1) is 4.90 Å². The summed E-state index contributed by atoms with van der Waals surface area (Å²) in [6.45, 7) is 5.41. The second-order valence-electron chi connectivity index (χ2n) is 5.23. The van der Waals surface area contributed by atoms with Crippen molar-refractivity contribution in [1.82, 2.24) is 4.90 Å². The number of carbonyl (C=O) groups excluding carboxylic acids is 1. The predicted octanol–water partition coefficient (Wildman–Crippen LogP) is 2.79. The number of benzene rings is 1. The first-order chi connectivity index (χ1) is 9.32. The molecule has 1 saturated heterocycles. The second-order valence-corrected chi connectivity index (χ2v) is 7.79. The summed E-state index contributed by atoms with van der Waals surface area (Å²) in [5.74, 6) is 0.540. The summed E-state index contributed by atoms with van der Waals surface area (Å²) in [7, 11) is 1.55. The molecule has 6 heteroatoms. The summed E-state index contributed by atoms with van der Waals surface area (Å²) >= 11 is 0. The normalized spacial score (nSPS) is 19.4. The molecule has 0 aliphatic carbocycles. The molecule has 0 aromatic heterocycles. The third kappa shape index (κ3) is 3.15. The Morgan fingerprint density at radius 1 is 1.45 bits per heavy atom. The fourth-order valence-electron chi connectivity index (χ4n) is 2.55. The van der Waals surface area contributed by atoms with E-state index >= 15 is 0 Å². The van der Waals surface area contributed by atoms with Crippen molar-refractivity contribution in [3.8, 4) is 0 Å². The Balaban J connectivity index is 2.24. The highest BCUT2D eigenvalue weighted by Gasteiger charge is 2.26. The van der Waals surface area contributed by atoms with Crippen molar-refractivity contribution in [2.45, 2.75) is 31.6 Å². The molecule has 110 valence electrons. The fourth-order valence-corrected chi connectivity index (χ4v) is 3.38. The number of aryl methyl sites for hydroxylation is 1. The zero-order valence-corrected chi connectivity index (χ0v) is 13.2. The Kier molecular flexibility index (Phi) is 4.39. The van der Waals surface area contributed by atoms with E-state index < -0.39 is 9.05 Å². The van der Waals surface area contributed by atoms with Crippen molar-refractivity contribution in [1.29, 1.82) is 0 Å². The maximum absolute atomic E-state index is 12.4. The van der Waals surface area contributed by atoms with Gasteiger partial charge in [0.2, 0.25) is 0 Å². The number of rotatable bonds is 3. The quantitative estimate of drug-likeness (QED) is 0.806. The summed E-state index contributed by atoms with van der Waals surface area (Å²) in [6, 6.07) is 4.38. The first-order valence-electron chi connectivity index (χ1n) is 6.67. The zero-order chi connectivity index (χ0) is 14.9. The van der Waals surface area contributed by atoms with Gasteiger partial charge in [-0.1, -0.05) is 13.3 Å². The van der Waals surface area contributed by atoms with Gasteiger partial charge in [-0.15, -0.1) is 0 Å². The van der Waals surface area contributed by atoms with Gasteiger partial charge in [0.15, 0.2) is 0 Å². The van der Waals surface area contributed by atoms with E-state index in [9.17, 15) is 13.2 Å². The van der Waals surface area contributed by atoms with Gasteiger partial charge in [-0.05, 0) is 43.0 Å². The van der Waals surface area contributed by atoms with E-state index in [1.807, 2.05) is 4.90 Å². The molecule has 1 atom stereocenters. The molecule has 0 radical (unpaired) electrons. The van der Waals surface area contributed by atoms with Crippen LogP contribution >= 0.6 is 10.7 Å². The van der Waals surface area contributed by atoms with Crippen LogP contribution in [0.2, 0.25) is 0 Å².